The smallest absolute Gasteiger partial charge is 0.410 e. The van der Waals surface area contributed by atoms with Crippen molar-refractivity contribution in [1.82, 2.24) is 4.90 Å². The van der Waals surface area contributed by atoms with Gasteiger partial charge in [-0.15, -0.1) is 0 Å². The van der Waals surface area contributed by atoms with E-state index in [1.54, 1.807) is 0 Å². The van der Waals surface area contributed by atoms with Crippen LogP contribution in [0, 0.1) is 0 Å². The van der Waals surface area contributed by atoms with Gasteiger partial charge in [0.2, 0.25) is 0 Å². The zero-order valence-corrected chi connectivity index (χ0v) is 19.6. The van der Waals surface area contributed by atoms with Gasteiger partial charge >= 0.3 is 6.09 Å². The average Bonchev–Trinajstić information content (AvgIpc) is 3.34. The molecular weight excluding hydrogens is 422 g/mol. The lowest BCUT2D eigenvalue weighted by Gasteiger charge is -2.43. The monoisotopic (exact) mass is 453 g/mol. The highest BCUT2D eigenvalue weighted by Gasteiger charge is 2.50. The molecule has 2 unspecified atom stereocenters. The third-order valence-electron chi connectivity index (χ3n) is 8.19. The number of hydrogen-bond acceptors (Lipinski definition) is 3. The van der Waals surface area contributed by atoms with Crippen molar-refractivity contribution in [3.05, 3.63) is 95.1 Å². The Balaban J connectivity index is 1.18. The number of benzene rings is 3. The third-order valence-corrected chi connectivity index (χ3v) is 8.19. The molecule has 2 heterocycles. The number of piperidine rings is 1. The fraction of sp³-hybridized carbons (Fsp3) is 0.367. The molecule has 2 fully saturated rings. The molecule has 6 rings (SSSR count). The van der Waals surface area contributed by atoms with E-state index in [0.717, 1.165) is 24.8 Å². The highest BCUT2D eigenvalue weighted by molar-refractivity contribution is 5.79. The van der Waals surface area contributed by atoms with Crippen molar-refractivity contribution in [2.45, 2.75) is 62.6 Å². The SMILES string of the molecule is CCc1cccc(C2(O)CC3CCC(C2)N3C(=O)OCC2c3ccccc3-c3ccccc32)c1. The minimum atomic E-state index is -0.878. The molecule has 3 aromatic rings. The Bertz CT molecular complexity index is 1180. The molecule has 1 N–H and O–H groups in total. The third kappa shape index (κ3) is 3.43. The molecule has 2 saturated heterocycles. The predicted octanol–water partition coefficient (Wildman–Crippen LogP) is 6.01. The number of nitrogens with zero attached hydrogens (tertiary/aromatic N) is 1. The fourth-order valence-electron chi connectivity index (χ4n) is 6.51. The van der Waals surface area contributed by atoms with Gasteiger partial charge in [0.1, 0.15) is 6.61 Å². The summed E-state index contributed by atoms with van der Waals surface area (Å²) in [5.41, 5.74) is 6.25. The van der Waals surface area contributed by atoms with Crippen molar-refractivity contribution in [3.63, 3.8) is 0 Å². The summed E-state index contributed by atoms with van der Waals surface area (Å²) in [6.45, 7) is 2.47. The van der Waals surface area contributed by atoms with Gasteiger partial charge in [-0.2, -0.15) is 0 Å². The zero-order chi connectivity index (χ0) is 23.3. The first-order valence-electron chi connectivity index (χ1n) is 12.5. The van der Waals surface area contributed by atoms with Crippen LogP contribution in [0.2, 0.25) is 0 Å². The number of aryl methyl sites for hydroxylation is 1. The van der Waals surface area contributed by atoms with Crippen molar-refractivity contribution in [1.29, 1.82) is 0 Å². The number of fused-ring (bicyclic) bond motifs is 5. The summed E-state index contributed by atoms with van der Waals surface area (Å²) in [5.74, 6) is 0.0625. The summed E-state index contributed by atoms with van der Waals surface area (Å²) in [5, 5.41) is 11.6. The molecule has 4 heteroatoms. The van der Waals surface area contributed by atoms with Gasteiger partial charge in [0, 0.05) is 30.8 Å². The van der Waals surface area contributed by atoms with Crippen LogP contribution in [-0.2, 0) is 16.8 Å². The second-order valence-electron chi connectivity index (χ2n) is 10.1. The predicted molar refractivity (Wildman–Crippen MR) is 133 cm³/mol. The first kappa shape index (κ1) is 21.4. The molecule has 2 bridgehead atoms. The number of aliphatic hydroxyl groups is 1. The summed E-state index contributed by atoms with van der Waals surface area (Å²) < 4.78 is 5.98. The normalized spacial score (nSPS) is 25.2. The number of amides is 1. The molecule has 0 saturated carbocycles. The van der Waals surface area contributed by atoms with Crippen LogP contribution in [0.5, 0.6) is 0 Å². The van der Waals surface area contributed by atoms with Gasteiger partial charge in [-0.1, -0.05) is 79.7 Å². The molecule has 0 aromatic heterocycles. The van der Waals surface area contributed by atoms with E-state index in [1.165, 1.54) is 27.8 Å². The van der Waals surface area contributed by atoms with Crippen molar-refractivity contribution in [2.75, 3.05) is 6.61 Å². The minimum absolute atomic E-state index is 0.0182. The van der Waals surface area contributed by atoms with E-state index < -0.39 is 5.60 Å². The number of hydrogen-bond donors (Lipinski definition) is 1. The van der Waals surface area contributed by atoms with E-state index in [-0.39, 0.29) is 24.1 Å². The first-order valence-corrected chi connectivity index (χ1v) is 12.5. The summed E-state index contributed by atoms with van der Waals surface area (Å²) in [7, 11) is 0. The Morgan fingerprint density at radius 3 is 2.18 bits per heavy atom. The second-order valence-corrected chi connectivity index (χ2v) is 10.1. The van der Waals surface area contributed by atoms with E-state index in [9.17, 15) is 9.90 Å². The van der Waals surface area contributed by atoms with Gasteiger partial charge < -0.3 is 14.7 Å². The number of rotatable bonds is 4. The summed E-state index contributed by atoms with van der Waals surface area (Å²) in [6, 6.07) is 25.1. The topological polar surface area (TPSA) is 49.8 Å². The summed E-state index contributed by atoms with van der Waals surface area (Å²) in [6.07, 6.45) is 3.69. The van der Waals surface area contributed by atoms with Gasteiger partial charge in [0.25, 0.3) is 0 Å². The van der Waals surface area contributed by atoms with Crippen molar-refractivity contribution in [3.8, 4) is 11.1 Å². The fourth-order valence-corrected chi connectivity index (χ4v) is 6.51. The van der Waals surface area contributed by atoms with Crippen molar-refractivity contribution in [2.24, 2.45) is 0 Å². The average molecular weight is 454 g/mol. The molecule has 1 aliphatic carbocycles. The number of carbonyl (C=O) groups excluding carboxylic acids is 1. The van der Waals surface area contributed by atoms with Gasteiger partial charge in [-0.05, 0) is 52.6 Å². The van der Waals surface area contributed by atoms with E-state index in [1.807, 2.05) is 17.0 Å². The Morgan fingerprint density at radius 1 is 0.941 bits per heavy atom. The van der Waals surface area contributed by atoms with Crippen LogP contribution < -0.4 is 0 Å². The molecule has 174 valence electrons. The van der Waals surface area contributed by atoms with Crippen LogP contribution in [0.15, 0.2) is 72.8 Å². The lowest BCUT2D eigenvalue weighted by atomic mass is 9.80. The standard InChI is InChI=1S/C30H31NO3/c1-2-20-8-7-9-21(16-20)30(33)17-22-14-15-23(18-30)31(22)29(32)34-19-28-26-12-5-3-10-24(26)25-11-4-6-13-27(25)28/h3-13,16,22-23,28,33H,2,14-15,17-19H2,1H3. The largest absolute Gasteiger partial charge is 0.448 e. The van der Waals surface area contributed by atoms with E-state index in [2.05, 4.69) is 67.6 Å². The van der Waals surface area contributed by atoms with Crippen LogP contribution in [-0.4, -0.2) is 34.8 Å². The highest BCUT2D eigenvalue weighted by Crippen LogP contribution is 2.47. The molecule has 34 heavy (non-hydrogen) atoms. The lowest BCUT2D eigenvalue weighted by Crippen LogP contribution is -2.52. The minimum Gasteiger partial charge on any atom is -0.448 e. The first-order chi connectivity index (χ1) is 16.6. The molecular formula is C30H31NO3. The molecule has 2 aliphatic heterocycles. The van der Waals surface area contributed by atoms with Gasteiger partial charge in [0.05, 0.1) is 5.60 Å². The van der Waals surface area contributed by atoms with Gasteiger partial charge in [0.15, 0.2) is 0 Å². The van der Waals surface area contributed by atoms with Crippen molar-refractivity contribution >= 4 is 6.09 Å². The van der Waals surface area contributed by atoms with Crippen molar-refractivity contribution < 1.29 is 14.6 Å². The number of carbonyl (C=O) groups is 1. The zero-order valence-electron chi connectivity index (χ0n) is 19.6. The van der Waals surface area contributed by atoms with E-state index in [4.69, 9.17) is 4.74 Å². The summed E-state index contributed by atoms with van der Waals surface area (Å²) in [4.78, 5) is 15.2. The molecule has 3 aliphatic rings. The number of ether oxygens (including phenoxy) is 1. The van der Waals surface area contributed by atoms with Crippen LogP contribution >= 0.6 is 0 Å². The van der Waals surface area contributed by atoms with Crippen LogP contribution in [0.4, 0.5) is 4.79 Å². The molecule has 0 spiro atoms. The molecule has 2 atom stereocenters. The maximum Gasteiger partial charge on any atom is 0.410 e. The maximum absolute atomic E-state index is 13.3. The van der Waals surface area contributed by atoms with Crippen LogP contribution in [0.25, 0.3) is 11.1 Å². The van der Waals surface area contributed by atoms with E-state index >= 15 is 0 Å². The molecule has 0 radical (unpaired) electrons. The van der Waals surface area contributed by atoms with Gasteiger partial charge in [-0.25, -0.2) is 4.79 Å². The van der Waals surface area contributed by atoms with Gasteiger partial charge in [-0.3, -0.25) is 0 Å². The van der Waals surface area contributed by atoms with Crippen LogP contribution in [0.1, 0.15) is 60.8 Å². The maximum atomic E-state index is 13.3. The molecule has 1 amide bonds. The molecule has 4 nitrogen and oxygen atoms in total. The quantitative estimate of drug-likeness (QED) is 0.526. The lowest BCUT2D eigenvalue weighted by molar-refractivity contribution is -0.0531. The Morgan fingerprint density at radius 2 is 1.56 bits per heavy atom. The van der Waals surface area contributed by atoms with Crippen LogP contribution in [0.3, 0.4) is 0 Å². The van der Waals surface area contributed by atoms with E-state index in [0.29, 0.717) is 19.4 Å². The highest BCUT2D eigenvalue weighted by atomic mass is 16.6. The Kier molecular flexibility index (Phi) is 5.22. The Hall–Kier alpha value is -3.11. The molecule has 3 aromatic carbocycles. The second kappa shape index (κ2) is 8.28. The summed E-state index contributed by atoms with van der Waals surface area (Å²) >= 11 is 0. The Labute approximate surface area is 201 Å².